The van der Waals surface area contributed by atoms with Crippen LogP contribution < -0.4 is 5.32 Å². The van der Waals surface area contributed by atoms with Crippen molar-refractivity contribution in [2.45, 2.75) is 11.8 Å². The van der Waals surface area contributed by atoms with Crippen molar-refractivity contribution in [3.05, 3.63) is 59.9 Å². The fourth-order valence-corrected chi connectivity index (χ4v) is 2.60. The quantitative estimate of drug-likeness (QED) is 0.711. The number of aryl methyl sites for hydroxylation is 1. The number of rotatable bonds is 3. The minimum absolute atomic E-state index is 0.234. The molecule has 0 spiro atoms. The zero-order valence-electron chi connectivity index (χ0n) is 11.8. The van der Waals surface area contributed by atoms with Crippen LogP contribution in [-0.2, 0) is 0 Å². The summed E-state index contributed by atoms with van der Waals surface area (Å²) in [7, 11) is 0. The molecule has 0 radical (unpaired) electrons. The van der Waals surface area contributed by atoms with Crippen LogP contribution >= 0.6 is 11.8 Å². The fourth-order valence-electron chi connectivity index (χ4n) is 2.14. The summed E-state index contributed by atoms with van der Waals surface area (Å²) in [6, 6.07) is 15.4. The lowest BCUT2D eigenvalue weighted by atomic mass is 10.2. The van der Waals surface area contributed by atoms with Crippen LogP contribution in [-0.4, -0.2) is 12.2 Å². The Morgan fingerprint density at radius 1 is 1.14 bits per heavy atom. The first-order chi connectivity index (χ1) is 10.2. The first kappa shape index (κ1) is 13.8. The number of hydrogen-bond donors (Lipinski definition) is 1. The molecule has 3 aromatic rings. The molecule has 21 heavy (non-hydrogen) atoms. The van der Waals surface area contributed by atoms with E-state index in [9.17, 15) is 4.79 Å². The standard InChI is InChI=1S/C17H15NO2S/c1-11-6-7-12-9-16(20-15(12)8-11)17(19)18-13-4-3-5-14(10-13)21-2/h3-10H,1-2H3,(H,18,19). The number of benzene rings is 2. The molecule has 106 valence electrons. The number of thioether (sulfide) groups is 1. The summed E-state index contributed by atoms with van der Waals surface area (Å²) < 4.78 is 5.62. The van der Waals surface area contributed by atoms with Gasteiger partial charge in [0.05, 0.1) is 0 Å². The molecule has 1 heterocycles. The van der Waals surface area contributed by atoms with Crippen molar-refractivity contribution in [3.63, 3.8) is 0 Å². The monoisotopic (exact) mass is 297 g/mol. The topological polar surface area (TPSA) is 42.2 Å². The normalized spacial score (nSPS) is 10.8. The summed E-state index contributed by atoms with van der Waals surface area (Å²) in [5.41, 5.74) is 2.61. The van der Waals surface area contributed by atoms with E-state index in [4.69, 9.17) is 4.42 Å². The largest absolute Gasteiger partial charge is 0.451 e. The van der Waals surface area contributed by atoms with Crippen LogP contribution in [0.5, 0.6) is 0 Å². The van der Waals surface area contributed by atoms with Crippen LogP contribution in [0, 0.1) is 6.92 Å². The van der Waals surface area contributed by atoms with Crippen LogP contribution in [0.3, 0.4) is 0 Å². The van der Waals surface area contributed by atoms with Gasteiger partial charge in [-0.05, 0) is 49.1 Å². The highest BCUT2D eigenvalue weighted by Crippen LogP contribution is 2.23. The molecule has 0 atom stereocenters. The molecule has 4 heteroatoms. The molecule has 3 rings (SSSR count). The average molecular weight is 297 g/mol. The lowest BCUT2D eigenvalue weighted by Gasteiger charge is -2.04. The molecule has 0 aliphatic carbocycles. The summed E-state index contributed by atoms with van der Waals surface area (Å²) >= 11 is 1.64. The number of carbonyl (C=O) groups excluding carboxylic acids is 1. The van der Waals surface area contributed by atoms with Gasteiger partial charge in [0.2, 0.25) is 0 Å². The minimum Gasteiger partial charge on any atom is -0.451 e. The summed E-state index contributed by atoms with van der Waals surface area (Å²) in [5, 5.41) is 3.80. The van der Waals surface area contributed by atoms with Crippen molar-refractivity contribution in [2.75, 3.05) is 11.6 Å². The van der Waals surface area contributed by atoms with E-state index in [0.717, 1.165) is 27.1 Å². The van der Waals surface area contributed by atoms with Crippen LogP contribution in [0.25, 0.3) is 11.0 Å². The van der Waals surface area contributed by atoms with Gasteiger partial charge in [-0.1, -0.05) is 18.2 Å². The lowest BCUT2D eigenvalue weighted by Crippen LogP contribution is -2.10. The van der Waals surface area contributed by atoms with Crippen LogP contribution in [0.2, 0.25) is 0 Å². The van der Waals surface area contributed by atoms with Gasteiger partial charge in [0.1, 0.15) is 5.58 Å². The van der Waals surface area contributed by atoms with Crippen molar-refractivity contribution in [1.82, 2.24) is 0 Å². The van der Waals surface area contributed by atoms with E-state index in [1.54, 1.807) is 17.8 Å². The minimum atomic E-state index is -0.234. The van der Waals surface area contributed by atoms with Crippen molar-refractivity contribution in [1.29, 1.82) is 0 Å². The molecule has 0 bridgehead atoms. The van der Waals surface area contributed by atoms with E-state index in [0.29, 0.717) is 5.76 Å². The number of fused-ring (bicyclic) bond motifs is 1. The zero-order valence-corrected chi connectivity index (χ0v) is 12.7. The van der Waals surface area contributed by atoms with E-state index < -0.39 is 0 Å². The average Bonchev–Trinajstić information content (AvgIpc) is 2.90. The van der Waals surface area contributed by atoms with Crippen LogP contribution in [0.1, 0.15) is 16.1 Å². The Hall–Kier alpha value is -2.20. The van der Waals surface area contributed by atoms with Crippen molar-refractivity contribution in [3.8, 4) is 0 Å². The molecular formula is C17H15NO2S. The van der Waals surface area contributed by atoms with Gasteiger partial charge in [0, 0.05) is 16.0 Å². The highest BCUT2D eigenvalue weighted by Gasteiger charge is 2.12. The summed E-state index contributed by atoms with van der Waals surface area (Å²) in [5.74, 6) is 0.0901. The molecule has 2 aromatic carbocycles. The molecule has 1 N–H and O–H groups in total. The van der Waals surface area contributed by atoms with Gasteiger partial charge in [-0.2, -0.15) is 0 Å². The molecule has 0 saturated heterocycles. The molecule has 1 amide bonds. The Morgan fingerprint density at radius 3 is 2.81 bits per heavy atom. The smallest absolute Gasteiger partial charge is 0.291 e. The van der Waals surface area contributed by atoms with Gasteiger partial charge in [0.25, 0.3) is 5.91 Å². The highest BCUT2D eigenvalue weighted by molar-refractivity contribution is 7.98. The number of furan rings is 1. The van der Waals surface area contributed by atoms with Crippen LogP contribution in [0.15, 0.2) is 57.8 Å². The van der Waals surface area contributed by atoms with Gasteiger partial charge in [-0.3, -0.25) is 4.79 Å². The number of amides is 1. The van der Waals surface area contributed by atoms with Crippen LogP contribution in [0.4, 0.5) is 5.69 Å². The lowest BCUT2D eigenvalue weighted by molar-refractivity contribution is 0.0998. The summed E-state index contributed by atoms with van der Waals surface area (Å²) in [6.45, 7) is 2.00. The van der Waals surface area contributed by atoms with Gasteiger partial charge >= 0.3 is 0 Å². The maximum absolute atomic E-state index is 12.3. The number of hydrogen-bond acceptors (Lipinski definition) is 3. The number of nitrogens with one attached hydrogen (secondary N) is 1. The zero-order chi connectivity index (χ0) is 14.8. The maximum atomic E-state index is 12.3. The Bertz CT molecular complexity index is 807. The Morgan fingerprint density at radius 2 is 2.00 bits per heavy atom. The number of carbonyl (C=O) groups is 1. The van der Waals surface area contributed by atoms with E-state index in [2.05, 4.69) is 5.32 Å². The first-order valence-electron chi connectivity index (χ1n) is 6.61. The van der Waals surface area contributed by atoms with E-state index in [1.807, 2.05) is 55.6 Å². The molecule has 0 fully saturated rings. The van der Waals surface area contributed by atoms with Crippen molar-refractivity contribution in [2.24, 2.45) is 0 Å². The Kier molecular flexibility index (Phi) is 3.71. The SMILES string of the molecule is CSc1cccc(NC(=O)c2cc3ccc(C)cc3o2)c1. The predicted molar refractivity (Wildman–Crippen MR) is 87.1 cm³/mol. The molecule has 0 saturated carbocycles. The van der Waals surface area contributed by atoms with Gasteiger partial charge in [-0.15, -0.1) is 11.8 Å². The van der Waals surface area contributed by atoms with Crippen molar-refractivity contribution >= 4 is 34.3 Å². The van der Waals surface area contributed by atoms with E-state index >= 15 is 0 Å². The molecule has 0 aliphatic rings. The van der Waals surface area contributed by atoms with Crippen molar-refractivity contribution < 1.29 is 9.21 Å². The third-order valence-electron chi connectivity index (χ3n) is 3.23. The first-order valence-corrected chi connectivity index (χ1v) is 7.84. The maximum Gasteiger partial charge on any atom is 0.291 e. The van der Waals surface area contributed by atoms with E-state index in [1.165, 1.54) is 0 Å². The second-order valence-electron chi connectivity index (χ2n) is 4.84. The highest BCUT2D eigenvalue weighted by atomic mass is 32.2. The van der Waals surface area contributed by atoms with Gasteiger partial charge in [-0.25, -0.2) is 0 Å². The molecule has 3 nitrogen and oxygen atoms in total. The predicted octanol–water partition coefficient (Wildman–Crippen LogP) is 4.72. The van der Waals surface area contributed by atoms with Gasteiger partial charge < -0.3 is 9.73 Å². The molecule has 1 aromatic heterocycles. The van der Waals surface area contributed by atoms with Gasteiger partial charge in [0.15, 0.2) is 5.76 Å². The molecular weight excluding hydrogens is 282 g/mol. The fraction of sp³-hybridized carbons (Fsp3) is 0.118. The molecule has 0 unspecified atom stereocenters. The van der Waals surface area contributed by atoms with E-state index in [-0.39, 0.29) is 5.91 Å². The second kappa shape index (κ2) is 5.66. The second-order valence-corrected chi connectivity index (χ2v) is 5.72. The number of anilines is 1. The summed E-state index contributed by atoms with van der Waals surface area (Å²) in [6.07, 6.45) is 2.00. The Balaban J connectivity index is 1.86. The Labute approximate surface area is 127 Å². The summed E-state index contributed by atoms with van der Waals surface area (Å²) in [4.78, 5) is 13.4. The molecule has 0 aliphatic heterocycles. The third kappa shape index (κ3) is 2.95. The third-order valence-corrected chi connectivity index (χ3v) is 3.95.